The Labute approximate surface area is 103 Å². The molecule has 0 atom stereocenters. The van der Waals surface area contributed by atoms with E-state index in [1.54, 1.807) is 0 Å². The first-order valence-electron chi connectivity index (χ1n) is 4.51. The minimum Gasteiger partial charge on any atom is -0.505 e. The van der Waals surface area contributed by atoms with E-state index >= 15 is 0 Å². The lowest BCUT2D eigenvalue weighted by molar-refractivity contribution is -0.117. The lowest BCUT2D eigenvalue weighted by Gasteiger charge is -2.07. The van der Waals surface area contributed by atoms with Gasteiger partial charge in [0.05, 0.1) is 23.1 Å². The average molecular weight is 264 g/mol. The Morgan fingerprint density at radius 3 is 2.50 bits per heavy atom. The summed E-state index contributed by atoms with van der Waals surface area (Å²) in [6.07, 6.45) is 0.243. The lowest BCUT2D eigenvalue weighted by Crippen LogP contribution is -2.13. The monoisotopic (exact) mass is 263 g/mol. The normalized spacial score (nSPS) is 10.2. The van der Waals surface area contributed by atoms with Gasteiger partial charge in [0.1, 0.15) is 0 Å². The van der Waals surface area contributed by atoms with Gasteiger partial charge in [-0.15, -0.1) is 0 Å². The first kappa shape index (κ1) is 13.1. The van der Waals surface area contributed by atoms with Crippen LogP contribution in [0.4, 0.5) is 5.69 Å². The Bertz CT molecular complexity index is 373. The molecule has 0 aliphatic carbocycles. The van der Waals surface area contributed by atoms with Crippen molar-refractivity contribution >= 4 is 34.8 Å². The fourth-order valence-electron chi connectivity index (χ4n) is 1.06. The van der Waals surface area contributed by atoms with E-state index in [0.29, 0.717) is 12.3 Å². The van der Waals surface area contributed by atoms with Crippen molar-refractivity contribution in [1.29, 1.82) is 0 Å². The number of nitrogens with one attached hydrogen (secondary N) is 1. The predicted molar refractivity (Wildman–Crippen MR) is 63.2 cm³/mol. The van der Waals surface area contributed by atoms with Crippen molar-refractivity contribution in [3.63, 3.8) is 0 Å². The Morgan fingerprint density at radius 2 is 2.00 bits per heavy atom. The molecule has 0 unspecified atom stereocenters. The number of rotatable bonds is 4. The van der Waals surface area contributed by atoms with Crippen molar-refractivity contribution in [3.8, 4) is 5.75 Å². The van der Waals surface area contributed by atoms with E-state index in [1.807, 2.05) is 0 Å². The molecular formula is C10H11Cl2NO3. The van der Waals surface area contributed by atoms with Crippen LogP contribution in [0.2, 0.25) is 10.0 Å². The molecule has 0 aliphatic rings. The standard InChI is InChI=1S/C10H11Cl2NO3/c1-16-3-2-9(14)13-6-4-7(11)10(15)8(12)5-6/h4-5,15H,2-3H2,1H3,(H,13,14). The number of hydrogen-bond acceptors (Lipinski definition) is 3. The highest BCUT2D eigenvalue weighted by Gasteiger charge is 2.08. The van der Waals surface area contributed by atoms with Crippen molar-refractivity contribution in [3.05, 3.63) is 22.2 Å². The number of carbonyl (C=O) groups excluding carboxylic acids is 1. The van der Waals surface area contributed by atoms with Gasteiger partial charge in [0.15, 0.2) is 5.75 Å². The highest BCUT2D eigenvalue weighted by Crippen LogP contribution is 2.34. The number of benzene rings is 1. The van der Waals surface area contributed by atoms with Gasteiger partial charge in [0.25, 0.3) is 0 Å². The molecule has 0 aromatic heterocycles. The van der Waals surface area contributed by atoms with Crippen molar-refractivity contribution in [2.24, 2.45) is 0 Å². The number of halogens is 2. The molecule has 0 fully saturated rings. The van der Waals surface area contributed by atoms with Gasteiger partial charge in [-0.05, 0) is 12.1 Å². The highest BCUT2D eigenvalue weighted by molar-refractivity contribution is 6.37. The van der Waals surface area contributed by atoms with Crippen molar-refractivity contribution in [2.45, 2.75) is 6.42 Å². The quantitative estimate of drug-likeness (QED) is 0.822. The summed E-state index contributed by atoms with van der Waals surface area (Å²) in [7, 11) is 1.52. The first-order valence-corrected chi connectivity index (χ1v) is 5.27. The van der Waals surface area contributed by atoms with Crippen molar-refractivity contribution in [2.75, 3.05) is 19.0 Å². The zero-order chi connectivity index (χ0) is 12.1. The maximum absolute atomic E-state index is 11.3. The second kappa shape index (κ2) is 5.94. The largest absolute Gasteiger partial charge is 0.505 e. The summed E-state index contributed by atoms with van der Waals surface area (Å²) in [4.78, 5) is 11.3. The average Bonchev–Trinajstić information content (AvgIpc) is 2.23. The molecule has 0 radical (unpaired) electrons. The summed E-state index contributed by atoms with van der Waals surface area (Å²) in [6.45, 7) is 0.339. The third-order valence-corrected chi connectivity index (χ3v) is 2.41. The van der Waals surface area contributed by atoms with Crippen LogP contribution in [0.25, 0.3) is 0 Å². The zero-order valence-electron chi connectivity index (χ0n) is 8.59. The topological polar surface area (TPSA) is 58.6 Å². The summed E-state index contributed by atoms with van der Waals surface area (Å²) in [5.74, 6) is -0.405. The number of amides is 1. The number of ether oxygens (including phenoxy) is 1. The SMILES string of the molecule is COCCC(=O)Nc1cc(Cl)c(O)c(Cl)c1. The molecule has 4 nitrogen and oxygen atoms in total. The van der Waals surface area contributed by atoms with Crippen LogP contribution in [0.3, 0.4) is 0 Å². The van der Waals surface area contributed by atoms with Crippen LogP contribution in [0.15, 0.2) is 12.1 Å². The molecule has 0 spiro atoms. The second-order valence-corrected chi connectivity index (χ2v) is 3.89. The van der Waals surface area contributed by atoms with E-state index in [9.17, 15) is 9.90 Å². The number of phenols is 1. The fraction of sp³-hybridized carbons (Fsp3) is 0.300. The van der Waals surface area contributed by atoms with E-state index in [2.05, 4.69) is 5.32 Å². The number of hydrogen-bond donors (Lipinski definition) is 2. The fourth-order valence-corrected chi connectivity index (χ4v) is 1.54. The number of methoxy groups -OCH3 is 1. The molecule has 0 bridgehead atoms. The highest BCUT2D eigenvalue weighted by atomic mass is 35.5. The molecule has 0 aliphatic heterocycles. The molecule has 6 heteroatoms. The van der Waals surface area contributed by atoms with Crippen LogP contribution >= 0.6 is 23.2 Å². The van der Waals surface area contributed by atoms with E-state index in [0.717, 1.165) is 0 Å². The number of aromatic hydroxyl groups is 1. The van der Waals surface area contributed by atoms with Gasteiger partial charge in [0, 0.05) is 12.8 Å². The summed E-state index contributed by atoms with van der Waals surface area (Å²) >= 11 is 11.4. The maximum atomic E-state index is 11.3. The molecule has 88 valence electrons. The molecular weight excluding hydrogens is 253 g/mol. The van der Waals surface area contributed by atoms with E-state index in [-0.39, 0.29) is 28.1 Å². The van der Waals surface area contributed by atoms with Gasteiger partial charge < -0.3 is 15.2 Å². The van der Waals surface area contributed by atoms with E-state index < -0.39 is 0 Å². The Balaban J connectivity index is 2.71. The molecule has 0 saturated heterocycles. The molecule has 0 heterocycles. The molecule has 1 rings (SSSR count). The van der Waals surface area contributed by atoms with Crippen LogP contribution in [-0.4, -0.2) is 24.7 Å². The van der Waals surface area contributed by atoms with Gasteiger partial charge >= 0.3 is 0 Å². The third-order valence-electron chi connectivity index (χ3n) is 1.83. The minimum absolute atomic E-state index is 0.0922. The Hall–Kier alpha value is -0.970. The summed E-state index contributed by atoms with van der Waals surface area (Å²) in [5.41, 5.74) is 0.439. The van der Waals surface area contributed by atoms with Crippen LogP contribution in [-0.2, 0) is 9.53 Å². The van der Waals surface area contributed by atoms with Gasteiger partial charge in [0.2, 0.25) is 5.91 Å². The van der Waals surface area contributed by atoms with Gasteiger partial charge in [-0.3, -0.25) is 4.79 Å². The van der Waals surface area contributed by atoms with Gasteiger partial charge in [-0.2, -0.15) is 0 Å². The third kappa shape index (κ3) is 3.56. The van der Waals surface area contributed by atoms with Crippen molar-refractivity contribution in [1.82, 2.24) is 0 Å². The summed E-state index contributed by atoms with van der Waals surface area (Å²) < 4.78 is 4.76. The number of carbonyl (C=O) groups is 1. The molecule has 1 amide bonds. The number of anilines is 1. The lowest BCUT2D eigenvalue weighted by atomic mass is 10.3. The smallest absolute Gasteiger partial charge is 0.226 e. The minimum atomic E-state index is -0.209. The van der Waals surface area contributed by atoms with Crippen LogP contribution in [0, 0.1) is 0 Å². The van der Waals surface area contributed by atoms with Crippen LogP contribution in [0.1, 0.15) is 6.42 Å². The molecule has 0 saturated carbocycles. The second-order valence-electron chi connectivity index (χ2n) is 3.08. The van der Waals surface area contributed by atoms with Crippen LogP contribution in [0.5, 0.6) is 5.75 Å². The zero-order valence-corrected chi connectivity index (χ0v) is 10.1. The Kier molecular flexibility index (Phi) is 4.86. The van der Waals surface area contributed by atoms with Crippen molar-refractivity contribution < 1.29 is 14.6 Å². The van der Waals surface area contributed by atoms with Gasteiger partial charge in [-0.1, -0.05) is 23.2 Å². The molecule has 2 N–H and O–H groups in total. The van der Waals surface area contributed by atoms with E-state index in [1.165, 1.54) is 19.2 Å². The molecule has 1 aromatic carbocycles. The van der Waals surface area contributed by atoms with Gasteiger partial charge in [-0.25, -0.2) is 0 Å². The maximum Gasteiger partial charge on any atom is 0.226 e. The molecule has 1 aromatic rings. The predicted octanol–water partition coefficient (Wildman–Crippen LogP) is 2.67. The summed E-state index contributed by atoms with van der Waals surface area (Å²) in [5, 5.41) is 12.1. The van der Waals surface area contributed by atoms with E-state index in [4.69, 9.17) is 27.9 Å². The first-order chi connectivity index (χ1) is 7.54. The molecule has 16 heavy (non-hydrogen) atoms. The summed E-state index contributed by atoms with van der Waals surface area (Å²) in [6, 6.07) is 2.85. The number of phenolic OH excluding ortho intramolecular Hbond substituents is 1. The van der Waals surface area contributed by atoms with Crippen LogP contribution < -0.4 is 5.32 Å². The Morgan fingerprint density at radius 1 is 1.44 bits per heavy atom.